The minimum atomic E-state index is -0.541. The van der Waals surface area contributed by atoms with Gasteiger partial charge in [-0.1, -0.05) is 12.1 Å². The number of carbonyl (C=O) groups excluding carboxylic acids is 2. The lowest BCUT2D eigenvalue weighted by Gasteiger charge is -2.34. The maximum absolute atomic E-state index is 12.8. The van der Waals surface area contributed by atoms with Gasteiger partial charge in [0.1, 0.15) is 12.4 Å². The minimum absolute atomic E-state index is 0.0294. The Labute approximate surface area is 152 Å². The molecule has 0 aromatic heterocycles. The number of methoxy groups -OCH3 is 1. The third-order valence-corrected chi connectivity index (χ3v) is 4.72. The molecule has 1 heterocycles. The van der Waals surface area contributed by atoms with Crippen molar-refractivity contribution in [1.29, 1.82) is 0 Å². The molecule has 26 heavy (non-hydrogen) atoms. The van der Waals surface area contributed by atoms with Crippen molar-refractivity contribution < 1.29 is 24.2 Å². The molecule has 2 N–H and O–H groups in total. The predicted octanol–water partition coefficient (Wildman–Crippen LogP) is 2.55. The van der Waals surface area contributed by atoms with E-state index in [0.29, 0.717) is 35.4 Å². The Balaban J connectivity index is 2.06. The molecular weight excluding hydrogens is 334 g/mol. The number of ether oxygens (including phenoxy) is 2. The third kappa shape index (κ3) is 3.51. The second kappa shape index (κ2) is 7.74. The van der Waals surface area contributed by atoms with Gasteiger partial charge < -0.3 is 19.9 Å². The van der Waals surface area contributed by atoms with Gasteiger partial charge in [0.05, 0.1) is 12.2 Å². The van der Waals surface area contributed by atoms with Gasteiger partial charge in [-0.15, -0.1) is 0 Å². The maximum Gasteiger partial charge on any atom is 0.336 e. The number of esters is 1. The molecule has 0 unspecified atom stereocenters. The van der Waals surface area contributed by atoms with Crippen molar-refractivity contribution >= 4 is 11.8 Å². The fourth-order valence-electron chi connectivity index (χ4n) is 3.59. The number of allylic oxidation sites excluding steroid dienone is 3. The first-order chi connectivity index (χ1) is 12.5. The predicted molar refractivity (Wildman–Crippen MR) is 95.4 cm³/mol. The summed E-state index contributed by atoms with van der Waals surface area (Å²) in [6.45, 7) is 2.25. The van der Waals surface area contributed by atoms with Gasteiger partial charge in [0.15, 0.2) is 5.78 Å². The Morgan fingerprint density at radius 3 is 2.85 bits per heavy atom. The summed E-state index contributed by atoms with van der Waals surface area (Å²) in [6.07, 6.45) is 2.01. The molecule has 0 amide bonds. The fraction of sp³-hybridized carbons (Fsp3) is 0.400. The van der Waals surface area contributed by atoms with Crippen LogP contribution >= 0.6 is 0 Å². The summed E-state index contributed by atoms with van der Waals surface area (Å²) < 4.78 is 10.3. The molecule has 6 heteroatoms. The van der Waals surface area contributed by atoms with E-state index in [1.54, 1.807) is 18.2 Å². The molecule has 1 atom stereocenters. The number of phenolic OH excluding ortho intramolecular Hbond substituents is 1. The summed E-state index contributed by atoms with van der Waals surface area (Å²) in [4.78, 5) is 25.4. The number of benzene rings is 1. The number of aromatic hydroxyl groups is 1. The zero-order chi connectivity index (χ0) is 18.7. The number of ketones is 1. The van der Waals surface area contributed by atoms with Crippen molar-refractivity contribution in [2.75, 3.05) is 20.3 Å². The molecule has 0 spiro atoms. The normalized spacial score (nSPS) is 19.9. The van der Waals surface area contributed by atoms with E-state index < -0.39 is 11.9 Å². The summed E-state index contributed by atoms with van der Waals surface area (Å²) in [5, 5.41) is 13.1. The van der Waals surface area contributed by atoms with Crippen molar-refractivity contribution in [1.82, 2.24) is 5.32 Å². The van der Waals surface area contributed by atoms with Gasteiger partial charge in [0.25, 0.3) is 0 Å². The molecule has 2 aliphatic rings. The van der Waals surface area contributed by atoms with Crippen LogP contribution in [0.25, 0.3) is 0 Å². The average molecular weight is 357 g/mol. The maximum atomic E-state index is 12.8. The zero-order valence-corrected chi connectivity index (χ0v) is 15.0. The molecule has 1 aromatic carbocycles. The van der Waals surface area contributed by atoms with Crippen LogP contribution in [0.2, 0.25) is 0 Å². The van der Waals surface area contributed by atoms with Crippen LogP contribution in [0.4, 0.5) is 0 Å². The van der Waals surface area contributed by atoms with Crippen LogP contribution in [0, 0.1) is 0 Å². The molecule has 1 aliphatic heterocycles. The van der Waals surface area contributed by atoms with Gasteiger partial charge >= 0.3 is 5.97 Å². The summed E-state index contributed by atoms with van der Waals surface area (Å²) in [5.41, 5.74) is 3.24. The standard InChI is InChI=1S/C20H23NO5/c1-12-17(20(24)26-10-9-25-2)18(13-5-3-6-14(22)11-13)19-15(21-12)7-4-8-16(19)23/h3,5-6,11,18,21-22H,4,7-10H2,1-2H3/t18-/m0/s1. The number of hydrogen-bond acceptors (Lipinski definition) is 6. The van der Waals surface area contributed by atoms with Crippen LogP contribution in [0.3, 0.4) is 0 Å². The highest BCUT2D eigenvalue weighted by Gasteiger charge is 2.39. The largest absolute Gasteiger partial charge is 0.508 e. The summed E-state index contributed by atoms with van der Waals surface area (Å²) in [5.74, 6) is -0.899. The SMILES string of the molecule is COCCOC(=O)C1=C(C)NC2=C(C(=O)CCC2)[C@H]1c1cccc(O)c1. The van der Waals surface area contributed by atoms with Crippen LogP contribution in [0.1, 0.15) is 37.7 Å². The lowest BCUT2D eigenvalue weighted by atomic mass is 9.75. The van der Waals surface area contributed by atoms with Crippen LogP contribution < -0.4 is 5.32 Å². The molecule has 0 bridgehead atoms. The fourth-order valence-corrected chi connectivity index (χ4v) is 3.59. The van der Waals surface area contributed by atoms with Gasteiger partial charge in [0.2, 0.25) is 0 Å². The number of rotatable bonds is 5. The van der Waals surface area contributed by atoms with E-state index in [0.717, 1.165) is 18.5 Å². The molecule has 6 nitrogen and oxygen atoms in total. The number of carbonyl (C=O) groups is 2. The first-order valence-electron chi connectivity index (χ1n) is 8.72. The van der Waals surface area contributed by atoms with Crippen molar-refractivity contribution in [2.45, 2.75) is 32.1 Å². The van der Waals surface area contributed by atoms with Crippen molar-refractivity contribution in [3.05, 3.63) is 52.4 Å². The van der Waals surface area contributed by atoms with Crippen LogP contribution in [0.15, 0.2) is 46.8 Å². The molecule has 138 valence electrons. The number of Topliss-reactive ketones (excluding diaryl/α,β-unsaturated/α-hetero) is 1. The highest BCUT2D eigenvalue weighted by atomic mass is 16.6. The topological polar surface area (TPSA) is 84.9 Å². The number of nitrogens with one attached hydrogen (secondary N) is 1. The molecular formula is C20H23NO5. The van der Waals surface area contributed by atoms with Crippen LogP contribution in [-0.2, 0) is 19.1 Å². The summed E-state index contributed by atoms with van der Waals surface area (Å²) >= 11 is 0. The molecule has 0 saturated heterocycles. The van der Waals surface area contributed by atoms with Crippen molar-refractivity contribution in [2.24, 2.45) is 0 Å². The second-order valence-electron chi connectivity index (χ2n) is 6.49. The van der Waals surface area contributed by atoms with E-state index in [2.05, 4.69) is 5.32 Å². The monoisotopic (exact) mass is 357 g/mol. The smallest absolute Gasteiger partial charge is 0.336 e. The lowest BCUT2D eigenvalue weighted by Crippen LogP contribution is -2.34. The van der Waals surface area contributed by atoms with Crippen molar-refractivity contribution in [3.8, 4) is 5.75 Å². The van der Waals surface area contributed by atoms with E-state index in [1.807, 2.05) is 13.0 Å². The van der Waals surface area contributed by atoms with E-state index >= 15 is 0 Å². The van der Waals surface area contributed by atoms with E-state index in [4.69, 9.17) is 9.47 Å². The first kappa shape index (κ1) is 18.2. The third-order valence-electron chi connectivity index (χ3n) is 4.72. The number of hydrogen-bond donors (Lipinski definition) is 2. The Hall–Kier alpha value is -2.60. The zero-order valence-electron chi connectivity index (χ0n) is 15.0. The van der Waals surface area contributed by atoms with Crippen LogP contribution in [-0.4, -0.2) is 37.2 Å². The quantitative estimate of drug-likeness (QED) is 0.622. The Kier molecular flexibility index (Phi) is 5.42. The molecule has 0 radical (unpaired) electrons. The molecule has 3 rings (SSSR count). The van der Waals surface area contributed by atoms with Crippen molar-refractivity contribution in [3.63, 3.8) is 0 Å². The van der Waals surface area contributed by atoms with Gasteiger partial charge in [0, 0.05) is 36.4 Å². The first-order valence-corrected chi connectivity index (χ1v) is 8.72. The molecule has 0 fully saturated rings. The van der Waals surface area contributed by atoms with Crippen LogP contribution in [0.5, 0.6) is 5.75 Å². The molecule has 1 aliphatic carbocycles. The Bertz CT molecular complexity index is 793. The van der Waals surface area contributed by atoms with E-state index in [1.165, 1.54) is 7.11 Å². The highest BCUT2D eigenvalue weighted by Crippen LogP contribution is 2.42. The Morgan fingerprint density at radius 1 is 1.31 bits per heavy atom. The van der Waals surface area contributed by atoms with Gasteiger partial charge in [-0.2, -0.15) is 0 Å². The lowest BCUT2D eigenvalue weighted by molar-refractivity contribution is -0.140. The number of dihydropyridines is 1. The highest BCUT2D eigenvalue weighted by molar-refractivity contribution is 6.03. The van der Waals surface area contributed by atoms with E-state index in [-0.39, 0.29) is 18.1 Å². The van der Waals surface area contributed by atoms with Gasteiger partial charge in [-0.25, -0.2) is 4.79 Å². The Morgan fingerprint density at radius 2 is 2.12 bits per heavy atom. The number of phenols is 1. The minimum Gasteiger partial charge on any atom is -0.508 e. The second-order valence-corrected chi connectivity index (χ2v) is 6.49. The molecule has 0 saturated carbocycles. The molecule has 1 aromatic rings. The van der Waals surface area contributed by atoms with Gasteiger partial charge in [-0.3, -0.25) is 4.79 Å². The summed E-state index contributed by atoms with van der Waals surface area (Å²) in [7, 11) is 1.54. The van der Waals surface area contributed by atoms with Gasteiger partial charge in [-0.05, 0) is 37.5 Å². The van der Waals surface area contributed by atoms with E-state index in [9.17, 15) is 14.7 Å². The average Bonchev–Trinajstić information content (AvgIpc) is 2.61. The summed E-state index contributed by atoms with van der Waals surface area (Å²) in [6, 6.07) is 6.69.